The summed E-state index contributed by atoms with van der Waals surface area (Å²) in [4.78, 5) is 10.8. The maximum absolute atomic E-state index is 13.5. The van der Waals surface area contributed by atoms with Crippen molar-refractivity contribution in [1.29, 1.82) is 0 Å². The fourth-order valence-corrected chi connectivity index (χ4v) is 3.76. The number of hydrogen-bond donors (Lipinski definition) is 0. The lowest BCUT2D eigenvalue weighted by Crippen LogP contribution is -2.20. The van der Waals surface area contributed by atoms with Gasteiger partial charge in [-0.2, -0.15) is 13.2 Å². The van der Waals surface area contributed by atoms with Crippen LogP contribution in [0.25, 0.3) is 0 Å². The summed E-state index contributed by atoms with van der Waals surface area (Å²) >= 11 is 0.987. The van der Waals surface area contributed by atoms with Crippen LogP contribution in [0, 0.1) is 0 Å². The summed E-state index contributed by atoms with van der Waals surface area (Å²) in [5.41, 5.74) is 1.20. The minimum Gasteiger partial charge on any atom is -0.311 e. The second-order valence-corrected chi connectivity index (χ2v) is 7.85. The Balaban J connectivity index is 2.00. The molecule has 0 atom stereocenters. The summed E-state index contributed by atoms with van der Waals surface area (Å²) in [6.07, 6.45) is -3.65. The van der Waals surface area contributed by atoms with Gasteiger partial charge >= 0.3 is 6.18 Å². The van der Waals surface area contributed by atoms with Crippen molar-refractivity contribution in [2.45, 2.75) is 42.8 Å². The molecular weight excluding hydrogens is 395 g/mol. The fourth-order valence-electron chi connectivity index (χ4n) is 2.84. The molecule has 0 aliphatic carbocycles. The van der Waals surface area contributed by atoms with E-state index < -0.39 is 11.7 Å². The van der Waals surface area contributed by atoms with Gasteiger partial charge in [-0.3, -0.25) is 0 Å². The molecule has 29 heavy (non-hydrogen) atoms. The molecule has 3 aromatic rings. The van der Waals surface area contributed by atoms with E-state index in [0.717, 1.165) is 23.6 Å². The van der Waals surface area contributed by atoms with E-state index in [9.17, 15) is 13.2 Å². The average Bonchev–Trinajstić information content (AvgIpc) is 2.69. The lowest BCUT2D eigenvalue weighted by atomic mass is 10.0. The van der Waals surface area contributed by atoms with Crippen molar-refractivity contribution in [3.8, 4) is 0 Å². The highest BCUT2D eigenvalue weighted by Crippen LogP contribution is 2.39. The van der Waals surface area contributed by atoms with Gasteiger partial charge in [-0.15, -0.1) is 0 Å². The van der Waals surface area contributed by atoms with E-state index in [0.29, 0.717) is 17.4 Å². The van der Waals surface area contributed by atoms with E-state index in [2.05, 4.69) is 23.8 Å². The number of anilines is 2. The first-order valence-electron chi connectivity index (χ1n) is 9.34. The number of nitrogens with zero attached hydrogens (tertiary/aromatic N) is 3. The smallest absolute Gasteiger partial charge is 0.311 e. The van der Waals surface area contributed by atoms with Crippen LogP contribution in [-0.4, -0.2) is 16.5 Å². The van der Waals surface area contributed by atoms with Crippen molar-refractivity contribution in [2.24, 2.45) is 0 Å². The van der Waals surface area contributed by atoms with Gasteiger partial charge in [-0.1, -0.05) is 55.9 Å². The number of hydrogen-bond acceptors (Lipinski definition) is 4. The highest BCUT2D eigenvalue weighted by Gasteiger charge is 2.35. The number of halogens is 3. The maximum Gasteiger partial charge on any atom is 0.420 e. The van der Waals surface area contributed by atoms with E-state index in [4.69, 9.17) is 0 Å². The third kappa shape index (κ3) is 5.09. The standard InChI is InChI=1S/C22H22F3N3S/c1-4-28(17-12-10-16(11-13-17)15(2)3)21-26-14-19(22(23,24)25)20(27-21)29-18-8-6-5-7-9-18/h5-15H,4H2,1-3H3. The first kappa shape index (κ1) is 21.2. The predicted molar refractivity (Wildman–Crippen MR) is 111 cm³/mol. The molecule has 0 unspecified atom stereocenters. The van der Waals surface area contributed by atoms with Gasteiger partial charge in [0, 0.05) is 23.3 Å². The second kappa shape index (κ2) is 8.86. The summed E-state index contributed by atoms with van der Waals surface area (Å²) in [7, 11) is 0. The largest absolute Gasteiger partial charge is 0.420 e. The Bertz CT molecular complexity index is 942. The van der Waals surface area contributed by atoms with Crippen molar-refractivity contribution < 1.29 is 13.2 Å². The molecule has 3 nitrogen and oxygen atoms in total. The van der Waals surface area contributed by atoms with Crippen molar-refractivity contribution in [3.05, 3.63) is 71.9 Å². The summed E-state index contributed by atoms with van der Waals surface area (Å²) in [6.45, 7) is 6.67. The molecule has 1 aromatic heterocycles. The van der Waals surface area contributed by atoms with E-state index in [1.807, 2.05) is 37.3 Å². The van der Waals surface area contributed by atoms with Gasteiger partial charge in [0.1, 0.15) is 10.6 Å². The summed E-state index contributed by atoms with van der Waals surface area (Å²) in [5.74, 6) is 0.645. The second-order valence-electron chi connectivity index (χ2n) is 6.79. The van der Waals surface area contributed by atoms with Crippen LogP contribution in [0.5, 0.6) is 0 Å². The Morgan fingerprint density at radius 1 is 1.00 bits per heavy atom. The monoisotopic (exact) mass is 417 g/mol. The van der Waals surface area contributed by atoms with Crippen molar-refractivity contribution in [2.75, 3.05) is 11.4 Å². The zero-order valence-electron chi connectivity index (χ0n) is 16.4. The van der Waals surface area contributed by atoms with E-state index in [-0.39, 0.29) is 11.0 Å². The molecule has 0 fully saturated rings. The molecule has 0 N–H and O–H groups in total. The summed E-state index contributed by atoms with van der Waals surface area (Å²) < 4.78 is 40.5. The Labute approximate surface area is 173 Å². The van der Waals surface area contributed by atoms with Crippen LogP contribution in [0.3, 0.4) is 0 Å². The quantitative estimate of drug-likeness (QED) is 0.407. The van der Waals surface area contributed by atoms with Gasteiger partial charge in [0.25, 0.3) is 0 Å². The SMILES string of the molecule is CCN(c1ccc(C(C)C)cc1)c1ncc(C(F)(F)F)c(Sc2ccccc2)n1. The van der Waals surface area contributed by atoms with Crippen molar-refractivity contribution in [1.82, 2.24) is 9.97 Å². The summed E-state index contributed by atoms with van der Waals surface area (Å²) in [5, 5.41) is -0.106. The molecule has 1 heterocycles. The van der Waals surface area contributed by atoms with Crippen LogP contribution < -0.4 is 4.90 Å². The summed E-state index contributed by atoms with van der Waals surface area (Å²) in [6, 6.07) is 16.8. The van der Waals surface area contributed by atoms with Crippen molar-refractivity contribution >= 4 is 23.4 Å². The molecule has 7 heteroatoms. The number of benzene rings is 2. The van der Waals surface area contributed by atoms with Crippen LogP contribution in [0.4, 0.5) is 24.8 Å². The zero-order chi connectivity index (χ0) is 21.0. The number of alkyl halides is 3. The van der Waals surface area contributed by atoms with Crippen LogP contribution in [0.15, 0.2) is 70.7 Å². The van der Waals surface area contributed by atoms with Gasteiger partial charge in [-0.05, 0) is 42.7 Å². The van der Waals surface area contributed by atoms with Gasteiger partial charge in [0.2, 0.25) is 5.95 Å². The Kier molecular flexibility index (Phi) is 6.47. The first-order chi connectivity index (χ1) is 13.8. The highest BCUT2D eigenvalue weighted by molar-refractivity contribution is 7.99. The number of rotatable bonds is 6. The third-order valence-corrected chi connectivity index (χ3v) is 5.45. The fraction of sp³-hybridized carbons (Fsp3) is 0.273. The number of aromatic nitrogens is 2. The van der Waals surface area contributed by atoms with Gasteiger partial charge < -0.3 is 4.90 Å². The van der Waals surface area contributed by atoms with E-state index in [1.54, 1.807) is 29.2 Å². The van der Waals surface area contributed by atoms with Crippen LogP contribution in [0.2, 0.25) is 0 Å². The topological polar surface area (TPSA) is 29.0 Å². The molecule has 0 saturated heterocycles. The van der Waals surface area contributed by atoms with E-state index >= 15 is 0 Å². The Morgan fingerprint density at radius 2 is 1.66 bits per heavy atom. The molecule has 2 aromatic carbocycles. The lowest BCUT2D eigenvalue weighted by Gasteiger charge is -2.23. The molecule has 3 rings (SSSR count). The normalized spacial score (nSPS) is 11.7. The molecule has 0 spiro atoms. The van der Waals surface area contributed by atoms with Gasteiger partial charge in [0.15, 0.2) is 0 Å². The van der Waals surface area contributed by atoms with E-state index in [1.165, 1.54) is 5.56 Å². The van der Waals surface area contributed by atoms with Crippen LogP contribution in [0.1, 0.15) is 37.8 Å². The average molecular weight is 418 g/mol. The Hall–Kier alpha value is -2.54. The van der Waals surface area contributed by atoms with Gasteiger partial charge in [0.05, 0.1) is 0 Å². The lowest BCUT2D eigenvalue weighted by molar-refractivity contribution is -0.140. The van der Waals surface area contributed by atoms with Crippen molar-refractivity contribution in [3.63, 3.8) is 0 Å². The van der Waals surface area contributed by atoms with Crippen LogP contribution >= 0.6 is 11.8 Å². The molecule has 0 radical (unpaired) electrons. The highest BCUT2D eigenvalue weighted by atomic mass is 32.2. The van der Waals surface area contributed by atoms with Crippen LogP contribution in [-0.2, 0) is 6.18 Å². The molecule has 0 aliphatic rings. The zero-order valence-corrected chi connectivity index (χ0v) is 17.3. The molecule has 0 aliphatic heterocycles. The Morgan fingerprint density at radius 3 is 2.21 bits per heavy atom. The minimum atomic E-state index is -4.52. The molecular formula is C22H22F3N3S. The molecule has 0 amide bonds. The first-order valence-corrected chi connectivity index (χ1v) is 10.2. The predicted octanol–water partition coefficient (Wildman–Crippen LogP) is 6.93. The molecule has 152 valence electrons. The third-order valence-electron chi connectivity index (χ3n) is 4.43. The van der Waals surface area contributed by atoms with Gasteiger partial charge in [-0.25, -0.2) is 9.97 Å². The molecule has 0 saturated carbocycles. The minimum absolute atomic E-state index is 0.106. The maximum atomic E-state index is 13.5. The molecule has 0 bridgehead atoms.